The Hall–Kier alpha value is -2.28. The molecule has 0 aromatic heterocycles. The maximum Gasteiger partial charge on any atom is 0.163 e. The number of nitrogens with one attached hydrogen (secondary N) is 1. The number of halogens is 1. The van der Waals surface area contributed by atoms with Gasteiger partial charge in [0.1, 0.15) is 18.5 Å². The van der Waals surface area contributed by atoms with Gasteiger partial charge in [-0.3, -0.25) is 4.79 Å². The number of Topliss-reactive ketones (excluding diaryl/α,β-unsaturated/α-hetero) is 1. The second-order valence-electron chi connectivity index (χ2n) is 7.17. The molecule has 0 aliphatic rings. The Morgan fingerprint density at radius 3 is 2.47 bits per heavy atom. The van der Waals surface area contributed by atoms with Crippen LogP contribution in [0.3, 0.4) is 0 Å². The maximum absolute atomic E-state index is 12.5. The molecule has 0 spiro atoms. The van der Waals surface area contributed by atoms with Gasteiger partial charge in [0.2, 0.25) is 0 Å². The van der Waals surface area contributed by atoms with E-state index < -0.39 is 6.10 Å². The summed E-state index contributed by atoms with van der Waals surface area (Å²) in [5, 5.41) is 13.1. The first-order chi connectivity index (χ1) is 13.9. The van der Waals surface area contributed by atoms with E-state index in [2.05, 4.69) is 5.32 Å². The molecule has 1 atom stereocenters. The van der Waals surface area contributed by atoms with Gasteiger partial charge in [-0.1, -0.05) is 26.0 Å². The zero-order valence-corrected chi connectivity index (χ0v) is 18.8. The van der Waals surface area contributed by atoms with E-state index in [1.165, 1.54) is 0 Å². The molecule has 166 valence electrons. The molecule has 0 fully saturated rings. The van der Waals surface area contributed by atoms with E-state index in [1.54, 1.807) is 32.4 Å². The van der Waals surface area contributed by atoms with Gasteiger partial charge in [0.15, 0.2) is 17.3 Å². The van der Waals surface area contributed by atoms with Crippen LogP contribution in [0.1, 0.15) is 36.2 Å². The lowest BCUT2D eigenvalue weighted by Crippen LogP contribution is -2.35. The fourth-order valence-electron chi connectivity index (χ4n) is 2.83. The van der Waals surface area contributed by atoms with E-state index in [0.717, 1.165) is 5.56 Å². The van der Waals surface area contributed by atoms with Gasteiger partial charge in [-0.15, -0.1) is 12.4 Å². The topological polar surface area (TPSA) is 77.0 Å². The summed E-state index contributed by atoms with van der Waals surface area (Å²) >= 11 is 0. The van der Waals surface area contributed by atoms with Crippen molar-refractivity contribution in [2.45, 2.75) is 38.8 Å². The number of aliphatic hydroxyl groups is 1. The van der Waals surface area contributed by atoms with Crippen molar-refractivity contribution >= 4 is 18.2 Å². The Kier molecular flexibility index (Phi) is 11.3. The number of aryl methyl sites for hydroxylation is 1. The van der Waals surface area contributed by atoms with Crippen LogP contribution in [0.25, 0.3) is 0 Å². The van der Waals surface area contributed by atoms with E-state index >= 15 is 0 Å². The fourth-order valence-corrected chi connectivity index (χ4v) is 2.83. The minimum Gasteiger partial charge on any atom is -0.493 e. The zero-order valence-electron chi connectivity index (χ0n) is 18.0. The van der Waals surface area contributed by atoms with Crippen LogP contribution < -0.4 is 19.5 Å². The number of ketones is 1. The van der Waals surface area contributed by atoms with Crippen LogP contribution in [0.2, 0.25) is 0 Å². The number of hydrogen-bond acceptors (Lipinski definition) is 6. The summed E-state index contributed by atoms with van der Waals surface area (Å²) in [6.07, 6.45) is 0.398. The minimum absolute atomic E-state index is 0. The SMILES string of the molecule is COc1ccc(C(=O)CCc2cccc(OCC(O)CNC(C)C)c2)cc1OC.Cl. The summed E-state index contributed by atoms with van der Waals surface area (Å²) in [7, 11) is 3.11. The first kappa shape index (κ1) is 25.8. The third-order valence-corrected chi connectivity index (χ3v) is 4.45. The molecule has 6 nitrogen and oxygen atoms in total. The van der Waals surface area contributed by atoms with Gasteiger partial charge in [-0.25, -0.2) is 0 Å². The molecule has 0 heterocycles. The highest BCUT2D eigenvalue weighted by Crippen LogP contribution is 2.28. The van der Waals surface area contributed by atoms with E-state index in [0.29, 0.717) is 48.2 Å². The molecule has 0 radical (unpaired) electrons. The summed E-state index contributed by atoms with van der Waals surface area (Å²) in [6, 6.07) is 13.1. The van der Waals surface area contributed by atoms with Crippen molar-refractivity contribution in [2.75, 3.05) is 27.4 Å². The number of hydrogen-bond donors (Lipinski definition) is 2. The van der Waals surface area contributed by atoms with E-state index in [4.69, 9.17) is 14.2 Å². The van der Waals surface area contributed by atoms with Crippen molar-refractivity contribution in [3.8, 4) is 17.2 Å². The third kappa shape index (κ3) is 8.22. The second kappa shape index (κ2) is 13.1. The lowest BCUT2D eigenvalue weighted by molar-refractivity contribution is 0.0982. The average Bonchev–Trinajstić information content (AvgIpc) is 2.74. The van der Waals surface area contributed by atoms with Gasteiger partial charge in [0.05, 0.1) is 14.2 Å². The van der Waals surface area contributed by atoms with Crippen LogP contribution in [0, 0.1) is 0 Å². The van der Waals surface area contributed by atoms with Crippen molar-refractivity contribution in [2.24, 2.45) is 0 Å². The molecule has 1 unspecified atom stereocenters. The summed E-state index contributed by atoms with van der Waals surface area (Å²) in [6.45, 7) is 4.76. The van der Waals surface area contributed by atoms with Crippen LogP contribution in [-0.4, -0.2) is 50.4 Å². The molecule has 7 heteroatoms. The maximum atomic E-state index is 12.5. The van der Waals surface area contributed by atoms with Crippen molar-refractivity contribution in [3.63, 3.8) is 0 Å². The number of rotatable bonds is 12. The summed E-state index contributed by atoms with van der Waals surface area (Å²) in [4.78, 5) is 12.5. The Bertz CT molecular complexity index is 797. The van der Waals surface area contributed by atoms with E-state index in [9.17, 15) is 9.90 Å². The standard InChI is InChI=1S/C23H31NO5.ClH/c1-16(2)24-14-19(25)15-29-20-7-5-6-17(12-20)8-10-21(26)18-9-11-22(27-3)23(13-18)28-4;/h5-7,9,11-13,16,19,24-25H,8,10,14-15H2,1-4H3;1H. The van der Waals surface area contributed by atoms with Crippen LogP contribution in [0.5, 0.6) is 17.2 Å². The minimum atomic E-state index is -0.576. The fraction of sp³-hybridized carbons (Fsp3) is 0.435. The van der Waals surface area contributed by atoms with E-state index in [-0.39, 0.29) is 24.8 Å². The monoisotopic (exact) mass is 437 g/mol. The van der Waals surface area contributed by atoms with Crippen LogP contribution in [-0.2, 0) is 6.42 Å². The number of carbonyl (C=O) groups excluding carboxylic acids is 1. The summed E-state index contributed by atoms with van der Waals surface area (Å²) < 4.78 is 16.2. The Labute approximate surface area is 185 Å². The number of aliphatic hydroxyl groups excluding tert-OH is 1. The van der Waals surface area contributed by atoms with Crippen molar-refractivity contribution in [1.29, 1.82) is 0 Å². The largest absolute Gasteiger partial charge is 0.493 e. The number of benzene rings is 2. The van der Waals surface area contributed by atoms with Crippen LogP contribution >= 0.6 is 12.4 Å². The molecule has 2 aromatic carbocycles. The van der Waals surface area contributed by atoms with Crippen LogP contribution in [0.15, 0.2) is 42.5 Å². The molecule has 30 heavy (non-hydrogen) atoms. The summed E-state index contributed by atoms with van der Waals surface area (Å²) in [5.41, 5.74) is 1.60. The lowest BCUT2D eigenvalue weighted by Gasteiger charge is -2.15. The van der Waals surface area contributed by atoms with Crippen molar-refractivity contribution < 1.29 is 24.1 Å². The molecule has 0 aliphatic heterocycles. The van der Waals surface area contributed by atoms with E-state index in [1.807, 2.05) is 38.1 Å². The lowest BCUT2D eigenvalue weighted by atomic mass is 10.0. The normalized spacial score (nSPS) is 11.5. The highest BCUT2D eigenvalue weighted by molar-refractivity contribution is 5.96. The zero-order chi connectivity index (χ0) is 21.2. The molecular weight excluding hydrogens is 406 g/mol. The van der Waals surface area contributed by atoms with Gasteiger partial charge in [0, 0.05) is 24.6 Å². The Morgan fingerprint density at radius 1 is 1.07 bits per heavy atom. The molecule has 0 bridgehead atoms. The Morgan fingerprint density at radius 2 is 1.80 bits per heavy atom. The van der Waals surface area contributed by atoms with Gasteiger partial charge in [-0.2, -0.15) is 0 Å². The highest BCUT2D eigenvalue weighted by atomic mass is 35.5. The average molecular weight is 438 g/mol. The molecule has 2 N–H and O–H groups in total. The molecule has 0 saturated carbocycles. The van der Waals surface area contributed by atoms with Gasteiger partial charge in [0.25, 0.3) is 0 Å². The number of carbonyl (C=O) groups is 1. The predicted octanol–water partition coefficient (Wildman–Crippen LogP) is 3.68. The first-order valence-electron chi connectivity index (χ1n) is 9.81. The summed E-state index contributed by atoms with van der Waals surface area (Å²) in [5.74, 6) is 1.86. The first-order valence-corrected chi connectivity index (χ1v) is 9.81. The Balaban J connectivity index is 0.00000450. The van der Waals surface area contributed by atoms with Crippen molar-refractivity contribution in [1.82, 2.24) is 5.32 Å². The second-order valence-corrected chi connectivity index (χ2v) is 7.17. The van der Waals surface area contributed by atoms with Gasteiger partial charge >= 0.3 is 0 Å². The van der Waals surface area contributed by atoms with Gasteiger partial charge in [-0.05, 0) is 42.3 Å². The number of ether oxygens (including phenoxy) is 3. The molecular formula is C23H32ClNO5. The smallest absolute Gasteiger partial charge is 0.163 e. The molecule has 0 saturated heterocycles. The van der Waals surface area contributed by atoms with Gasteiger partial charge < -0.3 is 24.6 Å². The quantitative estimate of drug-likeness (QED) is 0.493. The number of methoxy groups -OCH3 is 2. The molecule has 0 aliphatic carbocycles. The predicted molar refractivity (Wildman–Crippen MR) is 121 cm³/mol. The molecule has 0 amide bonds. The highest BCUT2D eigenvalue weighted by Gasteiger charge is 2.12. The van der Waals surface area contributed by atoms with Crippen molar-refractivity contribution in [3.05, 3.63) is 53.6 Å². The third-order valence-electron chi connectivity index (χ3n) is 4.45. The molecule has 2 rings (SSSR count). The molecule has 2 aromatic rings. The van der Waals surface area contributed by atoms with Crippen LogP contribution in [0.4, 0.5) is 0 Å².